The number of benzene rings is 1. The maximum Gasteiger partial charge on any atom is 0.129 e. The van der Waals surface area contributed by atoms with E-state index in [1.807, 2.05) is 6.92 Å². The molecule has 2 atom stereocenters. The van der Waals surface area contributed by atoms with E-state index in [9.17, 15) is 8.78 Å². The predicted molar refractivity (Wildman–Crippen MR) is 64.9 cm³/mol. The fourth-order valence-corrected chi connectivity index (χ4v) is 2.71. The van der Waals surface area contributed by atoms with Crippen LogP contribution in [-0.4, -0.2) is 6.04 Å². The van der Waals surface area contributed by atoms with Crippen LogP contribution in [0.3, 0.4) is 0 Å². The smallest absolute Gasteiger partial charge is 0.129 e. The molecule has 0 spiro atoms. The van der Waals surface area contributed by atoms with Gasteiger partial charge in [-0.3, -0.25) is 0 Å². The van der Waals surface area contributed by atoms with Crippen LogP contribution >= 0.6 is 0 Å². The molecule has 1 nitrogen and oxygen atoms in total. The van der Waals surface area contributed by atoms with Crippen molar-refractivity contribution in [3.8, 4) is 0 Å². The van der Waals surface area contributed by atoms with Gasteiger partial charge in [0.1, 0.15) is 11.6 Å². The Hall–Kier alpha value is -0.960. The first kappa shape index (κ1) is 12.5. The summed E-state index contributed by atoms with van der Waals surface area (Å²) in [4.78, 5) is 0. The van der Waals surface area contributed by atoms with Crippen LogP contribution in [0.1, 0.15) is 44.2 Å². The molecule has 2 rings (SSSR count). The second-order valence-corrected chi connectivity index (χ2v) is 5.37. The highest BCUT2D eigenvalue weighted by atomic mass is 19.1. The Kier molecular flexibility index (Phi) is 3.48. The van der Waals surface area contributed by atoms with Crippen LogP contribution in [0, 0.1) is 17.6 Å². The summed E-state index contributed by atoms with van der Waals surface area (Å²) in [5, 5.41) is 3.38. The minimum absolute atomic E-state index is 0.0988. The van der Waals surface area contributed by atoms with Crippen LogP contribution in [-0.2, 0) is 6.54 Å². The minimum atomic E-state index is -0.488. The highest BCUT2D eigenvalue weighted by Crippen LogP contribution is 2.33. The maximum absolute atomic E-state index is 13.8. The molecule has 1 heterocycles. The Bertz CT molecular complexity index is 415. The molecule has 0 saturated heterocycles. The molecule has 1 N–H and O–H groups in total. The first-order valence-corrected chi connectivity index (χ1v) is 6.20. The van der Waals surface area contributed by atoms with Gasteiger partial charge in [-0.1, -0.05) is 20.8 Å². The van der Waals surface area contributed by atoms with Gasteiger partial charge >= 0.3 is 0 Å². The Labute approximate surface area is 101 Å². The summed E-state index contributed by atoms with van der Waals surface area (Å²) in [6.07, 6.45) is 1.01. The van der Waals surface area contributed by atoms with Gasteiger partial charge in [0.2, 0.25) is 0 Å². The fourth-order valence-electron chi connectivity index (χ4n) is 2.71. The number of hydrogen-bond donors (Lipinski definition) is 1. The van der Waals surface area contributed by atoms with Gasteiger partial charge < -0.3 is 5.32 Å². The predicted octanol–water partition coefficient (Wildman–Crippen LogP) is 3.59. The molecule has 0 fully saturated rings. The third-order valence-corrected chi connectivity index (χ3v) is 3.52. The first-order valence-electron chi connectivity index (χ1n) is 6.20. The molecule has 0 bridgehead atoms. The summed E-state index contributed by atoms with van der Waals surface area (Å²) in [7, 11) is 0. The van der Waals surface area contributed by atoms with Crippen molar-refractivity contribution in [2.24, 2.45) is 5.92 Å². The van der Waals surface area contributed by atoms with E-state index < -0.39 is 11.6 Å². The highest BCUT2D eigenvalue weighted by Gasteiger charge is 2.29. The van der Waals surface area contributed by atoms with Crippen molar-refractivity contribution in [3.63, 3.8) is 0 Å². The van der Waals surface area contributed by atoms with E-state index in [-0.39, 0.29) is 12.0 Å². The minimum Gasteiger partial charge on any atom is -0.309 e. The Morgan fingerprint density at radius 1 is 1.35 bits per heavy atom. The molecule has 0 radical (unpaired) electrons. The number of halogens is 2. The topological polar surface area (TPSA) is 12.0 Å². The average molecular weight is 239 g/mol. The molecular formula is C14H19F2N. The second-order valence-electron chi connectivity index (χ2n) is 5.37. The van der Waals surface area contributed by atoms with E-state index in [1.165, 1.54) is 6.07 Å². The van der Waals surface area contributed by atoms with Gasteiger partial charge in [-0.2, -0.15) is 0 Å². The molecule has 1 aliphatic heterocycles. The van der Waals surface area contributed by atoms with Crippen LogP contribution in [0.4, 0.5) is 8.78 Å². The van der Waals surface area contributed by atoms with E-state index in [2.05, 4.69) is 19.2 Å². The lowest BCUT2D eigenvalue weighted by Gasteiger charge is -2.33. The van der Waals surface area contributed by atoms with Gasteiger partial charge in [0, 0.05) is 18.7 Å². The summed E-state index contributed by atoms with van der Waals surface area (Å²) < 4.78 is 26.9. The third kappa shape index (κ3) is 2.49. The summed E-state index contributed by atoms with van der Waals surface area (Å²) in [5.41, 5.74) is 1.45. The standard InChI is InChI=1S/C14H19F2N/c1-8(2)4-13-9(3)14-10(7-17-13)5-11(15)6-12(14)16/h5-6,8-9,13,17H,4,7H2,1-3H3. The molecule has 0 saturated carbocycles. The molecular weight excluding hydrogens is 220 g/mol. The van der Waals surface area contributed by atoms with Crippen LogP contribution < -0.4 is 5.32 Å². The van der Waals surface area contributed by atoms with Crippen molar-refractivity contribution in [3.05, 3.63) is 34.9 Å². The monoisotopic (exact) mass is 239 g/mol. The van der Waals surface area contributed by atoms with E-state index in [0.29, 0.717) is 18.0 Å². The van der Waals surface area contributed by atoms with Crippen LogP contribution in [0.25, 0.3) is 0 Å². The van der Waals surface area contributed by atoms with Gasteiger partial charge in [-0.15, -0.1) is 0 Å². The Morgan fingerprint density at radius 2 is 2.06 bits per heavy atom. The zero-order valence-electron chi connectivity index (χ0n) is 10.6. The highest BCUT2D eigenvalue weighted by molar-refractivity contribution is 5.35. The lowest BCUT2D eigenvalue weighted by molar-refractivity contribution is 0.346. The Balaban J connectivity index is 2.32. The van der Waals surface area contributed by atoms with Crippen molar-refractivity contribution in [2.75, 3.05) is 0 Å². The van der Waals surface area contributed by atoms with Gasteiger partial charge in [0.15, 0.2) is 0 Å². The third-order valence-electron chi connectivity index (χ3n) is 3.52. The second kappa shape index (κ2) is 4.73. The maximum atomic E-state index is 13.8. The number of hydrogen-bond acceptors (Lipinski definition) is 1. The van der Waals surface area contributed by atoms with Crippen LogP contribution in [0.2, 0.25) is 0 Å². The quantitative estimate of drug-likeness (QED) is 0.831. The number of fused-ring (bicyclic) bond motifs is 1. The van der Waals surface area contributed by atoms with Crippen LogP contribution in [0.15, 0.2) is 12.1 Å². The number of nitrogens with one attached hydrogen (secondary N) is 1. The molecule has 0 amide bonds. The molecule has 0 aliphatic carbocycles. The molecule has 94 valence electrons. The fraction of sp³-hybridized carbons (Fsp3) is 0.571. The van der Waals surface area contributed by atoms with Crippen molar-refractivity contribution < 1.29 is 8.78 Å². The molecule has 1 aromatic rings. The zero-order chi connectivity index (χ0) is 12.6. The molecule has 1 aliphatic rings. The molecule has 0 aromatic heterocycles. The zero-order valence-corrected chi connectivity index (χ0v) is 10.6. The van der Waals surface area contributed by atoms with Gasteiger partial charge in [0.05, 0.1) is 0 Å². The SMILES string of the molecule is CC(C)CC1NCc2cc(F)cc(F)c2C1C. The number of rotatable bonds is 2. The first-order chi connectivity index (χ1) is 7.99. The van der Waals surface area contributed by atoms with Crippen molar-refractivity contribution in [2.45, 2.75) is 45.7 Å². The van der Waals surface area contributed by atoms with Crippen molar-refractivity contribution >= 4 is 0 Å². The van der Waals surface area contributed by atoms with Crippen molar-refractivity contribution in [1.29, 1.82) is 0 Å². The molecule has 2 unspecified atom stereocenters. The van der Waals surface area contributed by atoms with Gasteiger partial charge in [-0.05, 0) is 35.4 Å². The van der Waals surface area contributed by atoms with Crippen molar-refractivity contribution in [1.82, 2.24) is 5.32 Å². The van der Waals surface area contributed by atoms with E-state index in [1.54, 1.807) is 0 Å². The summed E-state index contributed by atoms with van der Waals surface area (Å²) >= 11 is 0. The normalized spacial score (nSPS) is 23.9. The molecule has 17 heavy (non-hydrogen) atoms. The van der Waals surface area contributed by atoms with E-state index in [4.69, 9.17) is 0 Å². The summed E-state index contributed by atoms with van der Waals surface area (Å²) in [6.45, 7) is 6.89. The average Bonchev–Trinajstić information content (AvgIpc) is 2.20. The van der Waals surface area contributed by atoms with E-state index >= 15 is 0 Å². The van der Waals surface area contributed by atoms with E-state index in [0.717, 1.165) is 18.1 Å². The summed E-state index contributed by atoms with van der Waals surface area (Å²) in [6, 6.07) is 2.71. The van der Waals surface area contributed by atoms with Crippen LogP contribution in [0.5, 0.6) is 0 Å². The van der Waals surface area contributed by atoms with Gasteiger partial charge in [-0.25, -0.2) is 8.78 Å². The summed E-state index contributed by atoms with van der Waals surface area (Å²) in [5.74, 6) is -0.220. The van der Waals surface area contributed by atoms with Gasteiger partial charge in [0.25, 0.3) is 0 Å². The molecule has 1 aromatic carbocycles. The largest absolute Gasteiger partial charge is 0.309 e. The molecule has 3 heteroatoms. The lowest BCUT2D eigenvalue weighted by atomic mass is 9.82. The Morgan fingerprint density at radius 3 is 2.71 bits per heavy atom. The lowest BCUT2D eigenvalue weighted by Crippen LogP contribution is -2.39.